The smallest absolute Gasteiger partial charge is 0.308 e. The first-order valence-electron chi connectivity index (χ1n) is 6.78. The third-order valence-electron chi connectivity index (χ3n) is 2.34. The van der Waals surface area contributed by atoms with Gasteiger partial charge in [0, 0.05) is 0 Å². The summed E-state index contributed by atoms with van der Waals surface area (Å²) in [5.74, 6) is -0.229. The van der Waals surface area contributed by atoms with Crippen molar-refractivity contribution in [3.05, 3.63) is 0 Å². The van der Waals surface area contributed by atoms with Gasteiger partial charge in [0.25, 0.3) is 0 Å². The second-order valence-corrected chi connectivity index (χ2v) is 3.86. The molecule has 0 aromatic rings. The van der Waals surface area contributed by atoms with Crippen LogP contribution >= 0.6 is 0 Å². The standard InChI is InChI=1S/C13H26O6/c1-3-12(11-13(15)18-4-2)19-10-9-17-8-7-16-6-5-14/h12,14H,3-11H2,1-2H3. The summed E-state index contributed by atoms with van der Waals surface area (Å²) in [7, 11) is 0. The minimum atomic E-state index is -0.229. The van der Waals surface area contributed by atoms with E-state index < -0.39 is 0 Å². The van der Waals surface area contributed by atoms with Gasteiger partial charge >= 0.3 is 5.97 Å². The second-order valence-electron chi connectivity index (χ2n) is 3.86. The third-order valence-corrected chi connectivity index (χ3v) is 2.34. The molecule has 0 spiro atoms. The van der Waals surface area contributed by atoms with E-state index in [4.69, 9.17) is 24.1 Å². The van der Waals surface area contributed by atoms with E-state index in [1.54, 1.807) is 6.92 Å². The summed E-state index contributed by atoms with van der Waals surface area (Å²) in [6.45, 7) is 6.33. The molecule has 0 saturated heterocycles. The molecule has 0 aliphatic heterocycles. The van der Waals surface area contributed by atoms with Crippen LogP contribution in [0.5, 0.6) is 0 Å². The van der Waals surface area contributed by atoms with Crippen molar-refractivity contribution in [1.29, 1.82) is 0 Å². The first kappa shape index (κ1) is 18.3. The zero-order valence-corrected chi connectivity index (χ0v) is 11.9. The lowest BCUT2D eigenvalue weighted by molar-refractivity contribution is -0.146. The Morgan fingerprint density at radius 1 is 1.05 bits per heavy atom. The molecule has 1 atom stereocenters. The quantitative estimate of drug-likeness (QED) is 0.396. The van der Waals surface area contributed by atoms with Gasteiger partial charge in [-0.3, -0.25) is 4.79 Å². The van der Waals surface area contributed by atoms with Crippen molar-refractivity contribution < 1.29 is 28.8 Å². The molecule has 6 nitrogen and oxygen atoms in total. The summed E-state index contributed by atoms with van der Waals surface area (Å²) in [5.41, 5.74) is 0. The number of esters is 1. The van der Waals surface area contributed by atoms with Crippen molar-refractivity contribution in [1.82, 2.24) is 0 Å². The molecule has 114 valence electrons. The van der Waals surface area contributed by atoms with Crippen molar-refractivity contribution in [2.75, 3.05) is 46.2 Å². The maximum atomic E-state index is 11.3. The van der Waals surface area contributed by atoms with Crippen LogP contribution in [0.1, 0.15) is 26.7 Å². The highest BCUT2D eigenvalue weighted by Gasteiger charge is 2.13. The molecular formula is C13H26O6. The maximum Gasteiger partial charge on any atom is 0.308 e. The summed E-state index contributed by atoms with van der Waals surface area (Å²) >= 11 is 0. The van der Waals surface area contributed by atoms with Crippen LogP contribution in [0.25, 0.3) is 0 Å². The number of aliphatic hydroxyl groups excluding tert-OH is 1. The number of rotatable bonds is 13. The Labute approximate surface area is 115 Å². The highest BCUT2D eigenvalue weighted by atomic mass is 16.6. The van der Waals surface area contributed by atoms with Gasteiger partial charge in [-0.15, -0.1) is 0 Å². The van der Waals surface area contributed by atoms with Gasteiger partial charge < -0.3 is 24.1 Å². The number of hydrogen-bond donors (Lipinski definition) is 1. The van der Waals surface area contributed by atoms with Gasteiger partial charge in [0.15, 0.2) is 0 Å². The minimum absolute atomic E-state index is 0.0230. The molecule has 0 amide bonds. The van der Waals surface area contributed by atoms with E-state index in [-0.39, 0.29) is 25.1 Å². The molecule has 0 saturated carbocycles. The lowest BCUT2D eigenvalue weighted by Crippen LogP contribution is -2.21. The fraction of sp³-hybridized carbons (Fsp3) is 0.923. The third kappa shape index (κ3) is 12.1. The van der Waals surface area contributed by atoms with Crippen molar-refractivity contribution in [3.8, 4) is 0 Å². The van der Waals surface area contributed by atoms with Crippen molar-refractivity contribution in [3.63, 3.8) is 0 Å². The Kier molecular flexibility index (Phi) is 13.2. The number of hydrogen-bond acceptors (Lipinski definition) is 6. The monoisotopic (exact) mass is 278 g/mol. The number of carbonyl (C=O) groups is 1. The first-order chi connectivity index (χ1) is 9.24. The van der Waals surface area contributed by atoms with Gasteiger partial charge in [0.1, 0.15) is 0 Å². The Bertz CT molecular complexity index is 209. The molecule has 0 aliphatic carbocycles. The predicted molar refractivity (Wildman–Crippen MR) is 70.0 cm³/mol. The van der Waals surface area contributed by atoms with E-state index >= 15 is 0 Å². The van der Waals surface area contributed by atoms with Gasteiger partial charge in [-0.2, -0.15) is 0 Å². The number of aliphatic hydroxyl groups is 1. The van der Waals surface area contributed by atoms with Gasteiger partial charge in [-0.1, -0.05) is 6.92 Å². The molecule has 0 aromatic heterocycles. The van der Waals surface area contributed by atoms with Crippen LogP contribution in [-0.4, -0.2) is 63.4 Å². The molecular weight excluding hydrogens is 252 g/mol. The van der Waals surface area contributed by atoms with E-state index in [9.17, 15) is 4.79 Å². The highest BCUT2D eigenvalue weighted by molar-refractivity contribution is 5.69. The van der Waals surface area contributed by atoms with Gasteiger partial charge in [0.2, 0.25) is 0 Å². The predicted octanol–water partition coefficient (Wildman–Crippen LogP) is 0.760. The van der Waals surface area contributed by atoms with E-state index in [1.165, 1.54) is 0 Å². The Morgan fingerprint density at radius 3 is 2.26 bits per heavy atom. The SMILES string of the molecule is CCOC(=O)CC(CC)OCCOCCOCCO. The van der Waals surface area contributed by atoms with Crippen LogP contribution in [0.15, 0.2) is 0 Å². The fourth-order valence-electron chi connectivity index (χ4n) is 1.39. The number of carbonyl (C=O) groups excluding carboxylic acids is 1. The average molecular weight is 278 g/mol. The first-order valence-corrected chi connectivity index (χ1v) is 6.78. The van der Waals surface area contributed by atoms with Crippen LogP contribution in [0.4, 0.5) is 0 Å². The summed E-state index contributed by atoms with van der Waals surface area (Å²) in [4.78, 5) is 11.3. The lowest BCUT2D eigenvalue weighted by atomic mass is 10.2. The molecule has 1 N–H and O–H groups in total. The summed E-state index contributed by atoms with van der Waals surface area (Å²) in [5, 5.41) is 8.48. The lowest BCUT2D eigenvalue weighted by Gasteiger charge is -2.15. The van der Waals surface area contributed by atoms with E-state index in [2.05, 4.69) is 0 Å². The van der Waals surface area contributed by atoms with Crippen LogP contribution in [-0.2, 0) is 23.7 Å². The van der Waals surface area contributed by atoms with E-state index in [1.807, 2.05) is 6.92 Å². The molecule has 0 rings (SSSR count). The second kappa shape index (κ2) is 13.7. The molecule has 1 unspecified atom stereocenters. The van der Waals surface area contributed by atoms with Gasteiger partial charge in [-0.25, -0.2) is 0 Å². The molecule has 0 fully saturated rings. The van der Waals surface area contributed by atoms with Gasteiger partial charge in [-0.05, 0) is 13.3 Å². The van der Waals surface area contributed by atoms with E-state index in [0.717, 1.165) is 6.42 Å². The molecule has 0 radical (unpaired) electrons. The largest absolute Gasteiger partial charge is 0.466 e. The Balaban J connectivity index is 3.43. The highest BCUT2D eigenvalue weighted by Crippen LogP contribution is 2.05. The molecule has 0 aliphatic rings. The maximum absolute atomic E-state index is 11.3. The van der Waals surface area contributed by atoms with Crippen LogP contribution < -0.4 is 0 Å². The molecule has 19 heavy (non-hydrogen) atoms. The number of ether oxygens (including phenoxy) is 4. The van der Waals surface area contributed by atoms with Crippen LogP contribution in [0, 0.1) is 0 Å². The topological polar surface area (TPSA) is 74.2 Å². The molecule has 6 heteroatoms. The minimum Gasteiger partial charge on any atom is -0.466 e. The van der Waals surface area contributed by atoms with Gasteiger partial charge in [0.05, 0.1) is 58.8 Å². The summed E-state index contributed by atoms with van der Waals surface area (Å²) in [6, 6.07) is 0. The van der Waals surface area contributed by atoms with E-state index in [0.29, 0.717) is 39.6 Å². The zero-order chi connectivity index (χ0) is 14.3. The van der Waals surface area contributed by atoms with Crippen molar-refractivity contribution >= 4 is 5.97 Å². The summed E-state index contributed by atoms with van der Waals surface area (Å²) in [6.07, 6.45) is 0.927. The zero-order valence-electron chi connectivity index (χ0n) is 11.9. The normalized spacial score (nSPS) is 12.4. The fourth-order valence-corrected chi connectivity index (χ4v) is 1.39. The summed E-state index contributed by atoms with van der Waals surface area (Å²) < 4.78 is 20.7. The van der Waals surface area contributed by atoms with Crippen LogP contribution in [0.3, 0.4) is 0 Å². The Hall–Kier alpha value is -0.690. The molecule has 0 heterocycles. The molecule has 0 bridgehead atoms. The van der Waals surface area contributed by atoms with Crippen molar-refractivity contribution in [2.24, 2.45) is 0 Å². The Morgan fingerprint density at radius 2 is 1.68 bits per heavy atom. The molecule has 0 aromatic carbocycles. The average Bonchev–Trinajstić information content (AvgIpc) is 2.40. The van der Waals surface area contributed by atoms with Crippen molar-refractivity contribution in [2.45, 2.75) is 32.8 Å². The van der Waals surface area contributed by atoms with Crippen LogP contribution in [0.2, 0.25) is 0 Å².